The molecule has 0 N–H and O–H groups in total. The van der Waals surface area contributed by atoms with Gasteiger partial charge in [-0.05, 0) is 19.3 Å². The van der Waals surface area contributed by atoms with E-state index in [9.17, 15) is 4.79 Å². The highest BCUT2D eigenvalue weighted by Crippen LogP contribution is 2.31. The minimum Gasteiger partial charge on any atom is -0.337 e. The number of aromatic nitrogens is 2. The first kappa shape index (κ1) is 14.6. The zero-order valence-corrected chi connectivity index (χ0v) is 12.9. The predicted molar refractivity (Wildman–Crippen MR) is 82.1 cm³/mol. The number of amides is 2. The van der Waals surface area contributed by atoms with E-state index in [0.717, 1.165) is 31.4 Å². The Balaban J connectivity index is 1.86. The normalized spacial score (nSPS) is 18.3. The van der Waals surface area contributed by atoms with E-state index in [1.54, 1.807) is 19.0 Å². The Labute approximate surface area is 129 Å². The van der Waals surface area contributed by atoms with E-state index in [1.165, 1.54) is 0 Å². The summed E-state index contributed by atoms with van der Waals surface area (Å²) in [5.74, 6) is 1.09. The highest BCUT2D eigenvalue weighted by Gasteiger charge is 2.33. The Morgan fingerprint density at radius 2 is 2.05 bits per heavy atom. The van der Waals surface area contributed by atoms with Crippen LogP contribution in [0.25, 0.3) is 11.4 Å². The van der Waals surface area contributed by atoms with Gasteiger partial charge in [-0.25, -0.2) is 4.79 Å². The standard InChI is InChI=1S/C16H20N4O2/c1-19(2)16(21)20-11-7-6-10-13(20)15-17-14(18-22-15)12-8-4-3-5-9-12/h3-5,8-9,13H,6-7,10-11H2,1-2H3. The fourth-order valence-electron chi connectivity index (χ4n) is 2.75. The molecule has 1 saturated heterocycles. The fourth-order valence-corrected chi connectivity index (χ4v) is 2.75. The van der Waals surface area contributed by atoms with E-state index in [4.69, 9.17) is 4.52 Å². The van der Waals surface area contributed by atoms with Gasteiger partial charge in [0.15, 0.2) is 0 Å². The van der Waals surface area contributed by atoms with Gasteiger partial charge in [0.25, 0.3) is 0 Å². The number of benzene rings is 1. The number of nitrogens with zero attached hydrogens (tertiary/aromatic N) is 4. The molecular formula is C16H20N4O2. The van der Waals surface area contributed by atoms with Gasteiger partial charge in [0.05, 0.1) is 0 Å². The largest absolute Gasteiger partial charge is 0.337 e. The van der Waals surface area contributed by atoms with E-state index < -0.39 is 0 Å². The summed E-state index contributed by atoms with van der Waals surface area (Å²) in [5.41, 5.74) is 0.916. The lowest BCUT2D eigenvalue weighted by Gasteiger charge is -2.35. The molecule has 22 heavy (non-hydrogen) atoms. The van der Waals surface area contributed by atoms with Crippen molar-refractivity contribution in [2.24, 2.45) is 0 Å². The van der Waals surface area contributed by atoms with E-state index in [-0.39, 0.29) is 12.1 Å². The number of likely N-dealkylation sites (tertiary alicyclic amines) is 1. The summed E-state index contributed by atoms with van der Waals surface area (Å²) in [6, 6.07) is 9.57. The minimum atomic E-state index is -0.131. The van der Waals surface area contributed by atoms with Gasteiger partial charge in [-0.1, -0.05) is 35.5 Å². The molecule has 0 spiro atoms. The topological polar surface area (TPSA) is 62.5 Å². The molecule has 2 amide bonds. The second kappa shape index (κ2) is 6.17. The summed E-state index contributed by atoms with van der Waals surface area (Å²) in [6.07, 6.45) is 2.93. The van der Waals surface area contributed by atoms with Crippen molar-refractivity contribution in [3.8, 4) is 11.4 Å². The van der Waals surface area contributed by atoms with E-state index in [1.807, 2.05) is 35.2 Å². The van der Waals surface area contributed by atoms with Crippen molar-refractivity contribution >= 4 is 6.03 Å². The van der Waals surface area contributed by atoms with Gasteiger partial charge >= 0.3 is 6.03 Å². The highest BCUT2D eigenvalue weighted by molar-refractivity contribution is 5.74. The second-order valence-corrected chi connectivity index (χ2v) is 5.70. The monoisotopic (exact) mass is 300 g/mol. The summed E-state index contributed by atoms with van der Waals surface area (Å²) >= 11 is 0. The summed E-state index contributed by atoms with van der Waals surface area (Å²) < 4.78 is 5.45. The van der Waals surface area contributed by atoms with E-state index in [0.29, 0.717) is 11.7 Å². The lowest BCUT2D eigenvalue weighted by atomic mass is 10.0. The lowest BCUT2D eigenvalue weighted by molar-refractivity contribution is 0.113. The highest BCUT2D eigenvalue weighted by atomic mass is 16.5. The van der Waals surface area contributed by atoms with Crippen molar-refractivity contribution in [2.75, 3.05) is 20.6 Å². The number of carbonyl (C=O) groups is 1. The van der Waals surface area contributed by atoms with Crippen LogP contribution in [0.1, 0.15) is 31.2 Å². The summed E-state index contributed by atoms with van der Waals surface area (Å²) in [4.78, 5) is 20.2. The molecule has 116 valence electrons. The van der Waals surface area contributed by atoms with E-state index in [2.05, 4.69) is 10.1 Å². The van der Waals surface area contributed by atoms with Crippen LogP contribution in [0.5, 0.6) is 0 Å². The van der Waals surface area contributed by atoms with Crippen LogP contribution in [-0.4, -0.2) is 46.6 Å². The minimum absolute atomic E-state index is 0.0100. The van der Waals surface area contributed by atoms with Crippen LogP contribution in [-0.2, 0) is 0 Å². The first-order valence-electron chi connectivity index (χ1n) is 7.54. The Morgan fingerprint density at radius 3 is 2.77 bits per heavy atom. The third-order valence-corrected chi connectivity index (χ3v) is 3.89. The molecule has 1 aliphatic heterocycles. The molecule has 1 aromatic carbocycles. The van der Waals surface area contributed by atoms with Crippen LogP contribution in [0.15, 0.2) is 34.9 Å². The summed E-state index contributed by atoms with van der Waals surface area (Å²) in [7, 11) is 3.52. The van der Waals surface area contributed by atoms with Crippen molar-refractivity contribution in [1.29, 1.82) is 0 Å². The molecule has 0 saturated carbocycles. The van der Waals surface area contributed by atoms with Crippen molar-refractivity contribution in [2.45, 2.75) is 25.3 Å². The maximum absolute atomic E-state index is 12.3. The van der Waals surface area contributed by atoms with Crippen molar-refractivity contribution in [1.82, 2.24) is 19.9 Å². The number of piperidine rings is 1. The van der Waals surface area contributed by atoms with Crippen LogP contribution in [0.4, 0.5) is 4.79 Å². The van der Waals surface area contributed by atoms with Gasteiger partial charge in [-0.2, -0.15) is 4.98 Å². The Kier molecular flexibility index (Phi) is 4.09. The van der Waals surface area contributed by atoms with Gasteiger partial charge in [0, 0.05) is 26.2 Å². The molecule has 2 aromatic rings. The first-order chi connectivity index (χ1) is 10.7. The second-order valence-electron chi connectivity index (χ2n) is 5.70. The Hall–Kier alpha value is -2.37. The molecule has 0 bridgehead atoms. The smallest absolute Gasteiger partial charge is 0.320 e. The van der Waals surface area contributed by atoms with Crippen LogP contribution < -0.4 is 0 Å². The molecule has 1 aliphatic rings. The molecule has 3 rings (SSSR count). The molecule has 2 heterocycles. The number of carbonyl (C=O) groups excluding carboxylic acids is 1. The molecule has 6 heteroatoms. The molecule has 1 fully saturated rings. The SMILES string of the molecule is CN(C)C(=O)N1CCCCC1c1nc(-c2ccccc2)no1. The van der Waals surface area contributed by atoms with Crippen molar-refractivity contribution < 1.29 is 9.32 Å². The van der Waals surface area contributed by atoms with Gasteiger partial charge < -0.3 is 14.3 Å². The maximum Gasteiger partial charge on any atom is 0.320 e. The fraction of sp³-hybridized carbons (Fsp3) is 0.438. The molecule has 6 nitrogen and oxygen atoms in total. The zero-order valence-electron chi connectivity index (χ0n) is 12.9. The molecule has 1 atom stereocenters. The van der Waals surface area contributed by atoms with Gasteiger partial charge in [-0.15, -0.1) is 0 Å². The number of hydrogen-bond donors (Lipinski definition) is 0. The van der Waals surface area contributed by atoms with Gasteiger partial charge in [0.1, 0.15) is 6.04 Å². The predicted octanol–water partition coefficient (Wildman–Crippen LogP) is 2.95. The van der Waals surface area contributed by atoms with Crippen molar-refractivity contribution in [3.05, 3.63) is 36.2 Å². The number of hydrogen-bond acceptors (Lipinski definition) is 4. The number of urea groups is 1. The first-order valence-corrected chi connectivity index (χ1v) is 7.54. The van der Waals surface area contributed by atoms with Crippen LogP contribution in [0.2, 0.25) is 0 Å². The van der Waals surface area contributed by atoms with Crippen molar-refractivity contribution in [3.63, 3.8) is 0 Å². The van der Waals surface area contributed by atoms with Gasteiger partial charge in [-0.3, -0.25) is 0 Å². The quantitative estimate of drug-likeness (QED) is 0.855. The average Bonchev–Trinajstić information content (AvgIpc) is 3.05. The molecule has 1 unspecified atom stereocenters. The maximum atomic E-state index is 12.3. The van der Waals surface area contributed by atoms with Crippen LogP contribution in [0, 0.1) is 0 Å². The van der Waals surface area contributed by atoms with Gasteiger partial charge in [0.2, 0.25) is 11.7 Å². The summed E-state index contributed by atoms with van der Waals surface area (Å²) in [5, 5.41) is 4.06. The van der Waals surface area contributed by atoms with Crippen LogP contribution >= 0.6 is 0 Å². The molecule has 0 aliphatic carbocycles. The Bertz CT molecular complexity index is 639. The third-order valence-electron chi connectivity index (χ3n) is 3.89. The Morgan fingerprint density at radius 1 is 1.27 bits per heavy atom. The van der Waals surface area contributed by atoms with Crippen LogP contribution in [0.3, 0.4) is 0 Å². The summed E-state index contributed by atoms with van der Waals surface area (Å²) in [6.45, 7) is 0.727. The zero-order chi connectivity index (χ0) is 15.5. The lowest BCUT2D eigenvalue weighted by Crippen LogP contribution is -2.44. The molecule has 1 aromatic heterocycles. The average molecular weight is 300 g/mol. The van der Waals surface area contributed by atoms with E-state index >= 15 is 0 Å². The third kappa shape index (κ3) is 2.81. The number of rotatable bonds is 2. The molecular weight excluding hydrogens is 280 g/mol. The molecule has 0 radical (unpaired) electrons.